The zero-order valence-corrected chi connectivity index (χ0v) is 7.23. The van der Waals surface area contributed by atoms with E-state index in [4.69, 9.17) is 0 Å². The Bertz CT molecular complexity index is 409. The van der Waals surface area contributed by atoms with Crippen molar-refractivity contribution in [3.8, 4) is 0 Å². The van der Waals surface area contributed by atoms with Crippen molar-refractivity contribution in [3.63, 3.8) is 0 Å². The molecule has 0 aromatic heterocycles. The van der Waals surface area contributed by atoms with E-state index in [-0.39, 0.29) is 5.70 Å². The van der Waals surface area contributed by atoms with Gasteiger partial charge >= 0.3 is 6.03 Å². The predicted molar refractivity (Wildman–Crippen MR) is 50.1 cm³/mol. The van der Waals surface area contributed by atoms with Gasteiger partial charge in [0.25, 0.3) is 5.91 Å². The van der Waals surface area contributed by atoms with Gasteiger partial charge in [-0.1, -0.05) is 30.3 Å². The third-order valence-corrected chi connectivity index (χ3v) is 1.79. The maximum absolute atomic E-state index is 11.1. The fourth-order valence-corrected chi connectivity index (χ4v) is 1.16. The monoisotopic (exact) mass is 187 g/mol. The average molecular weight is 187 g/mol. The van der Waals surface area contributed by atoms with Crippen molar-refractivity contribution >= 4 is 18.0 Å². The second kappa shape index (κ2) is 3.33. The molecule has 69 valence electrons. The van der Waals surface area contributed by atoms with Crippen molar-refractivity contribution < 1.29 is 9.59 Å². The summed E-state index contributed by atoms with van der Waals surface area (Å²) in [6.45, 7) is 0. The lowest BCUT2D eigenvalue weighted by atomic mass is 10.2. The molecule has 1 aliphatic heterocycles. The van der Waals surface area contributed by atoms with E-state index in [0.29, 0.717) is 0 Å². The van der Waals surface area contributed by atoms with Crippen LogP contribution in [0.3, 0.4) is 0 Å². The molecule has 0 unspecified atom stereocenters. The Balaban J connectivity index is 2.28. The highest BCUT2D eigenvalue weighted by Crippen LogP contribution is 2.07. The van der Waals surface area contributed by atoms with Gasteiger partial charge < -0.3 is 5.32 Å². The Kier molecular flexibility index (Phi) is 2.02. The molecule has 0 aliphatic carbocycles. The van der Waals surface area contributed by atoms with Crippen molar-refractivity contribution in [2.75, 3.05) is 0 Å². The fourth-order valence-electron chi connectivity index (χ4n) is 1.16. The molecule has 1 heterocycles. The van der Waals surface area contributed by atoms with Gasteiger partial charge in [-0.05, 0) is 11.6 Å². The molecule has 0 atom stereocenters. The van der Waals surface area contributed by atoms with Gasteiger partial charge in [-0.3, -0.25) is 4.79 Å². The molecular weight excluding hydrogens is 180 g/mol. The Labute approximate surface area is 80.6 Å². The maximum atomic E-state index is 11.1. The summed E-state index contributed by atoms with van der Waals surface area (Å²) in [5.41, 5.74) is 1.08. The third-order valence-electron chi connectivity index (χ3n) is 1.79. The summed E-state index contributed by atoms with van der Waals surface area (Å²) in [6, 6.07) is 8.66. The van der Waals surface area contributed by atoms with Gasteiger partial charge in [0.05, 0.1) is 0 Å². The van der Waals surface area contributed by atoms with Crippen LogP contribution in [0.25, 0.3) is 6.08 Å². The molecule has 0 spiro atoms. The molecule has 14 heavy (non-hydrogen) atoms. The van der Waals surface area contributed by atoms with Crippen LogP contribution in [-0.2, 0) is 4.79 Å². The number of hydrogen-bond donors (Lipinski definition) is 1. The molecule has 1 fully saturated rings. The van der Waals surface area contributed by atoms with Crippen LogP contribution in [0.5, 0.6) is 0 Å². The van der Waals surface area contributed by atoms with E-state index in [0.717, 1.165) is 5.56 Å². The highest BCUT2D eigenvalue weighted by molar-refractivity contribution is 6.13. The van der Waals surface area contributed by atoms with E-state index in [9.17, 15) is 9.59 Å². The normalized spacial score (nSPS) is 18.1. The SMILES string of the molecule is O=C1[N]C(=O)C(=Cc2ccccc2)N1. The van der Waals surface area contributed by atoms with Crippen molar-refractivity contribution in [3.05, 3.63) is 41.6 Å². The second-order valence-electron chi connectivity index (χ2n) is 2.82. The number of benzene rings is 1. The molecule has 4 nitrogen and oxygen atoms in total. The average Bonchev–Trinajstić information content (AvgIpc) is 2.47. The first-order valence-corrected chi connectivity index (χ1v) is 4.09. The molecule has 0 bridgehead atoms. The largest absolute Gasteiger partial charge is 0.349 e. The molecule has 1 saturated heterocycles. The summed E-state index contributed by atoms with van der Waals surface area (Å²) in [7, 11) is 0. The van der Waals surface area contributed by atoms with Crippen LogP contribution < -0.4 is 10.6 Å². The standard InChI is InChI=1S/C10H7N2O2/c13-9-8(11-10(14)12-9)6-7-4-2-1-3-5-7/h1-6H,(H,11,14). The van der Waals surface area contributed by atoms with Crippen LogP contribution in [0.15, 0.2) is 36.0 Å². The fraction of sp³-hybridized carbons (Fsp3) is 0. The first-order valence-electron chi connectivity index (χ1n) is 4.09. The Morgan fingerprint density at radius 2 is 1.86 bits per heavy atom. The number of imide groups is 1. The number of amides is 3. The molecule has 1 aliphatic rings. The van der Waals surface area contributed by atoms with Crippen LogP contribution in [0, 0.1) is 0 Å². The van der Waals surface area contributed by atoms with E-state index in [1.54, 1.807) is 6.08 Å². The summed E-state index contributed by atoms with van der Waals surface area (Å²) in [5.74, 6) is -0.515. The summed E-state index contributed by atoms with van der Waals surface area (Å²) in [4.78, 5) is 21.8. The summed E-state index contributed by atoms with van der Waals surface area (Å²) in [6.07, 6.45) is 1.59. The minimum atomic E-state index is -0.600. The number of nitrogens with one attached hydrogen (secondary N) is 1. The molecule has 1 aromatic carbocycles. The molecule has 1 N–H and O–H groups in total. The van der Waals surface area contributed by atoms with Crippen molar-refractivity contribution in [2.45, 2.75) is 0 Å². The Hall–Kier alpha value is -2.10. The lowest BCUT2D eigenvalue weighted by Crippen LogP contribution is -2.15. The van der Waals surface area contributed by atoms with E-state index in [1.807, 2.05) is 30.3 Å². The van der Waals surface area contributed by atoms with Crippen molar-refractivity contribution in [1.29, 1.82) is 0 Å². The number of urea groups is 1. The molecule has 0 saturated carbocycles. The minimum Gasteiger partial charge on any atom is -0.301 e. The number of carbonyl (C=O) groups is 2. The van der Waals surface area contributed by atoms with Crippen molar-refractivity contribution in [2.24, 2.45) is 0 Å². The highest BCUT2D eigenvalue weighted by Gasteiger charge is 2.25. The summed E-state index contributed by atoms with van der Waals surface area (Å²) >= 11 is 0. The summed E-state index contributed by atoms with van der Waals surface area (Å²) < 4.78 is 0. The van der Waals surface area contributed by atoms with Gasteiger partial charge in [0, 0.05) is 0 Å². The number of carbonyl (C=O) groups excluding carboxylic acids is 2. The minimum absolute atomic E-state index is 0.223. The maximum Gasteiger partial charge on any atom is 0.349 e. The summed E-state index contributed by atoms with van der Waals surface area (Å²) in [5, 5.41) is 5.57. The molecule has 1 radical (unpaired) electrons. The topological polar surface area (TPSA) is 60.3 Å². The van der Waals surface area contributed by atoms with Crippen LogP contribution >= 0.6 is 0 Å². The zero-order chi connectivity index (χ0) is 9.97. The van der Waals surface area contributed by atoms with E-state index >= 15 is 0 Å². The lowest BCUT2D eigenvalue weighted by molar-refractivity contribution is -0.115. The van der Waals surface area contributed by atoms with Crippen molar-refractivity contribution in [1.82, 2.24) is 10.6 Å². The van der Waals surface area contributed by atoms with E-state index in [2.05, 4.69) is 10.6 Å². The van der Waals surface area contributed by atoms with Gasteiger partial charge in [0.15, 0.2) is 0 Å². The second-order valence-corrected chi connectivity index (χ2v) is 2.82. The van der Waals surface area contributed by atoms with Crippen LogP contribution in [0.2, 0.25) is 0 Å². The number of rotatable bonds is 1. The van der Waals surface area contributed by atoms with Gasteiger partial charge in [0.1, 0.15) is 5.70 Å². The molecular formula is C10H7N2O2. The first kappa shape index (κ1) is 8.50. The highest BCUT2D eigenvalue weighted by atomic mass is 16.2. The molecule has 4 heteroatoms. The Morgan fingerprint density at radius 3 is 2.43 bits per heavy atom. The van der Waals surface area contributed by atoms with Gasteiger partial charge in [-0.2, -0.15) is 5.32 Å². The van der Waals surface area contributed by atoms with E-state index < -0.39 is 11.9 Å². The zero-order valence-electron chi connectivity index (χ0n) is 7.23. The van der Waals surface area contributed by atoms with Crippen LogP contribution in [0.1, 0.15) is 5.56 Å². The molecule has 1 aromatic rings. The van der Waals surface area contributed by atoms with E-state index in [1.165, 1.54) is 0 Å². The van der Waals surface area contributed by atoms with Crippen LogP contribution in [0.4, 0.5) is 4.79 Å². The smallest absolute Gasteiger partial charge is 0.301 e. The number of hydrogen-bond acceptors (Lipinski definition) is 2. The predicted octanol–water partition coefficient (Wildman–Crippen LogP) is 0.882. The first-order chi connectivity index (χ1) is 6.75. The van der Waals surface area contributed by atoms with Gasteiger partial charge in [-0.25, -0.2) is 4.79 Å². The van der Waals surface area contributed by atoms with Gasteiger partial charge in [0.2, 0.25) is 0 Å². The molecule has 3 amide bonds. The van der Waals surface area contributed by atoms with Crippen LogP contribution in [-0.4, -0.2) is 11.9 Å². The Morgan fingerprint density at radius 1 is 1.14 bits per heavy atom. The quantitative estimate of drug-likeness (QED) is 0.524. The molecule has 2 rings (SSSR count). The lowest BCUT2D eigenvalue weighted by Gasteiger charge is -1.93. The number of nitrogens with zero attached hydrogens (tertiary/aromatic N) is 1. The van der Waals surface area contributed by atoms with Gasteiger partial charge in [-0.15, -0.1) is 0 Å². The third kappa shape index (κ3) is 1.64.